The topological polar surface area (TPSA) is 111 Å². The van der Waals surface area contributed by atoms with E-state index >= 15 is 0 Å². The fourth-order valence-corrected chi connectivity index (χ4v) is 2.18. The molecule has 0 radical (unpaired) electrons. The third-order valence-corrected chi connectivity index (χ3v) is 3.20. The summed E-state index contributed by atoms with van der Waals surface area (Å²) < 4.78 is 19.2. The Bertz CT molecular complexity index is 694. The van der Waals surface area contributed by atoms with E-state index in [2.05, 4.69) is 31.7 Å². The number of aromatic nitrogens is 2. The van der Waals surface area contributed by atoms with Crippen molar-refractivity contribution in [2.75, 3.05) is 12.3 Å². The SMILES string of the molecule is Nc1nc(=O)n(C2OC(CO)C(O)/C2=C\F)cc1C#CBr. The molecule has 0 amide bonds. The Hall–Kier alpha value is -1.73. The molecular weight excluding hydrogens is 349 g/mol. The van der Waals surface area contributed by atoms with Crippen molar-refractivity contribution >= 4 is 21.7 Å². The lowest BCUT2D eigenvalue weighted by atomic mass is 10.1. The van der Waals surface area contributed by atoms with Crippen LogP contribution in [0.3, 0.4) is 0 Å². The number of aliphatic hydroxyl groups is 2. The first kappa shape index (κ1) is 15.7. The number of nitrogens with zero attached hydrogens (tertiary/aromatic N) is 2. The highest BCUT2D eigenvalue weighted by Gasteiger charge is 2.40. The number of aliphatic hydroxyl groups excluding tert-OH is 2. The largest absolute Gasteiger partial charge is 0.394 e. The van der Waals surface area contributed by atoms with Crippen molar-refractivity contribution in [1.82, 2.24) is 9.55 Å². The number of hydrogen-bond acceptors (Lipinski definition) is 6. The van der Waals surface area contributed by atoms with Gasteiger partial charge in [-0.05, 0) is 10.8 Å². The highest BCUT2D eigenvalue weighted by molar-refractivity contribution is 9.12. The van der Waals surface area contributed by atoms with Crippen LogP contribution >= 0.6 is 15.9 Å². The quantitative estimate of drug-likeness (QED) is 0.621. The Morgan fingerprint density at radius 1 is 1.67 bits per heavy atom. The molecule has 1 aliphatic rings. The summed E-state index contributed by atoms with van der Waals surface area (Å²) in [7, 11) is 0. The summed E-state index contributed by atoms with van der Waals surface area (Å²) in [6.07, 6.45) is -2.23. The Kier molecular flexibility index (Phi) is 4.74. The average molecular weight is 360 g/mol. The van der Waals surface area contributed by atoms with Gasteiger partial charge in [0.05, 0.1) is 18.5 Å². The zero-order valence-electron chi connectivity index (χ0n) is 10.5. The molecule has 0 aromatic carbocycles. The van der Waals surface area contributed by atoms with Gasteiger partial charge in [-0.3, -0.25) is 4.57 Å². The summed E-state index contributed by atoms with van der Waals surface area (Å²) >= 11 is 2.90. The molecule has 0 saturated carbocycles. The summed E-state index contributed by atoms with van der Waals surface area (Å²) in [4.78, 5) is 17.9. The zero-order chi connectivity index (χ0) is 15.6. The van der Waals surface area contributed by atoms with Crippen molar-refractivity contribution in [2.45, 2.75) is 18.4 Å². The molecule has 1 aliphatic heterocycles. The van der Waals surface area contributed by atoms with Gasteiger partial charge in [-0.15, -0.1) is 0 Å². The second-order valence-electron chi connectivity index (χ2n) is 4.21. The first-order chi connectivity index (χ1) is 10.0. The number of halogens is 2. The normalized spacial score (nSPS) is 26.7. The van der Waals surface area contributed by atoms with Crippen molar-refractivity contribution in [2.24, 2.45) is 0 Å². The van der Waals surface area contributed by atoms with Gasteiger partial charge in [0.1, 0.15) is 18.0 Å². The van der Waals surface area contributed by atoms with Gasteiger partial charge >= 0.3 is 5.69 Å². The highest BCUT2D eigenvalue weighted by atomic mass is 79.9. The molecule has 0 spiro atoms. The van der Waals surface area contributed by atoms with Crippen molar-refractivity contribution in [3.63, 3.8) is 0 Å². The lowest BCUT2D eigenvalue weighted by Crippen LogP contribution is -2.29. The molecule has 4 N–H and O–H groups in total. The maximum absolute atomic E-state index is 13.0. The third kappa shape index (κ3) is 2.84. The van der Waals surface area contributed by atoms with Crippen LogP contribution in [0.2, 0.25) is 0 Å². The highest BCUT2D eigenvalue weighted by Crippen LogP contribution is 2.33. The molecule has 1 fully saturated rings. The number of hydrogen-bond donors (Lipinski definition) is 3. The van der Waals surface area contributed by atoms with Crippen LogP contribution in [0.5, 0.6) is 0 Å². The van der Waals surface area contributed by atoms with Crippen LogP contribution in [0.1, 0.15) is 11.8 Å². The maximum Gasteiger partial charge on any atom is 0.351 e. The lowest BCUT2D eigenvalue weighted by Gasteiger charge is -2.15. The van der Waals surface area contributed by atoms with Crippen LogP contribution in [-0.2, 0) is 4.74 Å². The zero-order valence-corrected chi connectivity index (χ0v) is 12.1. The fraction of sp³-hybridized carbons (Fsp3) is 0.333. The molecule has 0 bridgehead atoms. The molecule has 3 atom stereocenters. The summed E-state index contributed by atoms with van der Waals surface area (Å²) in [5, 5.41) is 18.9. The van der Waals surface area contributed by atoms with E-state index in [1.54, 1.807) is 0 Å². The van der Waals surface area contributed by atoms with Crippen LogP contribution in [0.25, 0.3) is 0 Å². The van der Waals surface area contributed by atoms with E-state index in [1.165, 1.54) is 6.20 Å². The van der Waals surface area contributed by atoms with Gasteiger partial charge in [0, 0.05) is 27.7 Å². The molecule has 2 heterocycles. The van der Waals surface area contributed by atoms with Crippen molar-refractivity contribution in [3.05, 3.63) is 34.1 Å². The van der Waals surface area contributed by atoms with Gasteiger partial charge in [-0.25, -0.2) is 9.18 Å². The van der Waals surface area contributed by atoms with Gasteiger partial charge in [-0.1, -0.05) is 0 Å². The predicted molar refractivity (Wildman–Crippen MR) is 74.9 cm³/mol. The maximum atomic E-state index is 13.0. The smallest absolute Gasteiger partial charge is 0.351 e. The van der Waals surface area contributed by atoms with Crippen LogP contribution in [0.4, 0.5) is 10.2 Å². The van der Waals surface area contributed by atoms with Gasteiger partial charge < -0.3 is 20.7 Å². The minimum Gasteiger partial charge on any atom is -0.394 e. The number of nitrogens with two attached hydrogens (primary N) is 1. The van der Waals surface area contributed by atoms with E-state index in [0.717, 1.165) is 4.57 Å². The second-order valence-corrected chi connectivity index (χ2v) is 4.61. The Labute approximate surface area is 127 Å². The summed E-state index contributed by atoms with van der Waals surface area (Å²) in [5.41, 5.74) is 4.80. The monoisotopic (exact) mass is 359 g/mol. The van der Waals surface area contributed by atoms with E-state index in [1.807, 2.05) is 0 Å². The molecule has 1 aromatic rings. The van der Waals surface area contributed by atoms with Crippen molar-refractivity contribution in [3.8, 4) is 10.8 Å². The Morgan fingerprint density at radius 2 is 2.38 bits per heavy atom. The predicted octanol–water partition coefficient (Wildman–Crippen LogP) is -0.367. The minimum absolute atomic E-state index is 0.0776. The standard InChI is InChI=1S/C12H11BrFN3O4/c13-2-1-6-4-17(12(20)16-10(6)15)11-7(3-14)9(19)8(5-18)21-11/h3-4,8-9,11,18-19H,5H2,(H2,15,16,20)/b7-3+. The van der Waals surface area contributed by atoms with Crippen LogP contribution in [0.15, 0.2) is 22.9 Å². The minimum atomic E-state index is -1.36. The van der Waals surface area contributed by atoms with Gasteiger partial charge in [0.2, 0.25) is 0 Å². The van der Waals surface area contributed by atoms with E-state index < -0.39 is 30.7 Å². The molecular formula is C12H11BrFN3O4. The Morgan fingerprint density at radius 3 is 2.95 bits per heavy atom. The molecule has 2 rings (SSSR count). The number of rotatable bonds is 2. The van der Waals surface area contributed by atoms with Crippen molar-refractivity contribution in [1.29, 1.82) is 0 Å². The van der Waals surface area contributed by atoms with Gasteiger partial charge in [-0.2, -0.15) is 4.98 Å². The van der Waals surface area contributed by atoms with E-state index in [0.29, 0.717) is 0 Å². The van der Waals surface area contributed by atoms with Crippen LogP contribution in [-0.4, -0.2) is 38.6 Å². The van der Waals surface area contributed by atoms with Gasteiger partial charge in [0.25, 0.3) is 0 Å². The summed E-state index contributed by atoms with van der Waals surface area (Å²) in [5.74, 6) is 2.50. The molecule has 3 unspecified atom stereocenters. The average Bonchev–Trinajstić information content (AvgIpc) is 2.78. The fourth-order valence-electron chi connectivity index (χ4n) is 1.96. The van der Waals surface area contributed by atoms with Crippen LogP contribution in [0, 0.1) is 10.8 Å². The van der Waals surface area contributed by atoms with Crippen molar-refractivity contribution < 1.29 is 19.3 Å². The third-order valence-electron chi connectivity index (χ3n) is 3.00. The molecule has 0 aliphatic carbocycles. The summed E-state index contributed by atoms with van der Waals surface area (Å²) in [6, 6.07) is 0. The number of nitrogen functional groups attached to an aromatic ring is 1. The first-order valence-electron chi connectivity index (χ1n) is 5.78. The summed E-state index contributed by atoms with van der Waals surface area (Å²) in [6.45, 7) is -0.528. The van der Waals surface area contributed by atoms with E-state index in [4.69, 9.17) is 15.6 Å². The number of ether oxygens (including phenoxy) is 1. The second kappa shape index (κ2) is 6.36. The Balaban J connectivity index is 2.53. The van der Waals surface area contributed by atoms with E-state index in [-0.39, 0.29) is 23.3 Å². The lowest BCUT2D eigenvalue weighted by molar-refractivity contribution is -0.0447. The first-order valence-corrected chi connectivity index (χ1v) is 6.57. The van der Waals surface area contributed by atoms with E-state index in [9.17, 15) is 14.3 Å². The number of anilines is 1. The molecule has 7 nitrogen and oxygen atoms in total. The van der Waals surface area contributed by atoms with Gasteiger partial charge in [0.15, 0.2) is 6.23 Å². The molecule has 112 valence electrons. The molecule has 1 saturated heterocycles. The van der Waals surface area contributed by atoms with Crippen LogP contribution < -0.4 is 11.4 Å². The molecule has 21 heavy (non-hydrogen) atoms. The molecule has 9 heteroatoms. The molecule has 1 aromatic heterocycles.